The van der Waals surface area contributed by atoms with E-state index in [9.17, 15) is 19.2 Å². The van der Waals surface area contributed by atoms with Gasteiger partial charge in [-0.25, -0.2) is 9.59 Å². The third-order valence-electron chi connectivity index (χ3n) is 4.35. The van der Waals surface area contributed by atoms with Crippen molar-refractivity contribution in [2.75, 3.05) is 6.61 Å². The maximum Gasteiger partial charge on any atom is 0.344 e. The van der Waals surface area contributed by atoms with E-state index in [1.54, 1.807) is 46.0 Å². The number of nitrogens with one attached hydrogen (secondary N) is 1. The molecular formula is C19H23N3O6. The van der Waals surface area contributed by atoms with Crippen LogP contribution in [0.4, 0.5) is 0 Å². The van der Waals surface area contributed by atoms with Crippen molar-refractivity contribution in [3.8, 4) is 5.75 Å². The van der Waals surface area contributed by atoms with Gasteiger partial charge in [0.1, 0.15) is 22.9 Å². The molecule has 9 nitrogen and oxygen atoms in total. The van der Waals surface area contributed by atoms with Gasteiger partial charge in [-0.15, -0.1) is 0 Å². The highest BCUT2D eigenvalue weighted by Gasteiger charge is 2.31. The summed E-state index contributed by atoms with van der Waals surface area (Å²) in [5, 5.41) is 2.27. The molecule has 0 spiro atoms. The monoisotopic (exact) mass is 389 g/mol. The average molecular weight is 389 g/mol. The average Bonchev–Trinajstić information content (AvgIpc) is 2.84. The lowest BCUT2D eigenvalue weighted by Gasteiger charge is -2.22. The first-order valence-corrected chi connectivity index (χ1v) is 8.97. The topological polar surface area (TPSA) is 109 Å². The Bertz CT molecular complexity index is 1010. The van der Waals surface area contributed by atoms with Gasteiger partial charge >= 0.3 is 11.7 Å². The largest absolute Gasteiger partial charge is 0.480 e. The van der Waals surface area contributed by atoms with Crippen molar-refractivity contribution >= 4 is 28.8 Å². The number of aryl methyl sites for hydroxylation is 1. The molecule has 0 saturated carbocycles. The van der Waals surface area contributed by atoms with Crippen LogP contribution in [0.2, 0.25) is 0 Å². The molecule has 1 atom stereocenters. The van der Waals surface area contributed by atoms with E-state index in [2.05, 4.69) is 5.32 Å². The summed E-state index contributed by atoms with van der Waals surface area (Å²) in [7, 11) is 1.56. The molecule has 1 fully saturated rings. The predicted molar refractivity (Wildman–Crippen MR) is 99.9 cm³/mol. The fourth-order valence-corrected chi connectivity index (χ4v) is 3.26. The molecule has 0 aliphatic carbocycles. The lowest BCUT2D eigenvalue weighted by Crippen LogP contribution is -2.44. The van der Waals surface area contributed by atoms with Crippen molar-refractivity contribution in [1.82, 2.24) is 14.5 Å². The maximum absolute atomic E-state index is 12.8. The van der Waals surface area contributed by atoms with Gasteiger partial charge in [-0.2, -0.15) is 0 Å². The third-order valence-corrected chi connectivity index (χ3v) is 4.35. The quantitative estimate of drug-likeness (QED) is 0.618. The smallest absolute Gasteiger partial charge is 0.344 e. The van der Waals surface area contributed by atoms with Crippen molar-refractivity contribution in [2.24, 2.45) is 7.05 Å². The van der Waals surface area contributed by atoms with Crippen LogP contribution in [0.25, 0.3) is 11.0 Å². The number of imidazole rings is 1. The summed E-state index contributed by atoms with van der Waals surface area (Å²) in [5.74, 6) is -1.06. The van der Waals surface area contributed by atoms with Gasteiger partial charge < -0.3 is 9.47 Å². The van der Waals surface area contributed by atoms with E-state index < -0.39 is 29.2 Å². The Morgan fingerprint density at radius 3 is 2.61 bits per heavy atom. The number of hydrogen-bond donors (Lipinski definition) is 1. The normalized spacial score (nSPS) is 17.5. The molecule has 2 heterocycles. The Labute approximate surface area is 161 Å². The predicted octanol–water partition coefficient (Wildman–Crippen LogP) is 1.04. The zero-order valence-electron chi connectivity index (χ0n) is 16.3. The second-order valence-corrected chi connectivity index (χ2v) is 7.68. The molecule has 0 radical (unpaired) electrons. The van der Waals surface area contributed by atoms with E-state index in [-0.39, 0.29) is 25.4 Å². The Balaban J connectivity index is 1.95. The summed E-state index contributed by atoms with van der Waals surface area (Å²) < 4.78 is 13.6. The molecular weight excluding hydrogens is 366 g/mol. The number of rotatable bonds is 4. The molecule has 1 saturated heterocycles. The van der Waals surface area contributed by atoms with Crippen LogP contribution in [0.15, 0.2) is 23.0 Å². The second kappa shape index (κ2) is 7.14. The molecule has 1 aliphatic rings. The van der Waals surface area contributed by atoms with E-state index >= 15 is 0 Å². The number of hydrogen-bond acceptors (Lipinski definition) is 6. The number of aromatic nitrogens is 2. The fraction of sp³-hybridized carbons (Fsp3) is 0.474. The number of carbonyl (C=O) groups is 3. The van der Waals surface area contributed by atoms with Crippen molar-refractivity contribution in [2.45, 2.75) is 45.3 Å². The van der Waals surface area contributed by atoms with Crippen LogP contribution < -0.4 is 15.7 Å². The van der Waals surface area contributed by atoms with Crippen LogP contribution in [-0.4, -0.2) is 39.1 Å². The molecule has 1 aromatic heterocycles. The van der Waals surface area contributed by atoms with Gasteiger partial charge in [-0.1, -0.05) is 6.07 Å². The van der Waals surface area contributed by atoms with Gasteiger partial charge in [0.2, 0.25) is 11.8 Å². The molecule has 9 heteroatoms. The Hall–Kier alpha value is -3.10. The van der Waals surface area contributed by atoms with Gasteiger partial charge in [0.05, 0.1) is 5.52 Å². The van der Waals surface area contributed by atoms with E-state index in [0.717, 1.165) is 0 Å². The Kier molecular flexibility index (Phi) is 5.01. The highest BCUT2D eigenvalue weighted by molar-refractivity contribution is 6.00. The summed E-state index contributed by atoms with van der Waals surface area (Å²) in [4.78, 5) is 48.4. The zero-order chi connectivity index (χ0) is 20.6. The van der Waals surface area contributed by atoms with Crippen LogP contribution >= 0.6 is 0 Å². The van der Waals surface area contributed by atoms with E-state index in [4.69, 9.17) is 9.47 Å². The minimum atomic E-state index is -0.782. The molecule has 28 heavy (non-hydrogen) atoms. The first-order chi connectivity index (χ1) is 13.1. The summed E-state index contributed by atoms with van der Waals surface area (Å²) in [5.41, 5.74) is -0.0868. The van der Waals surface area contributed by atoms with Crippen LogP contribution in [0, 0.1) is 0 Å². The van der Waals surface area contributed by atoms with Crippen molar-refractivity contribution in [1.29, 1.82) is 0 Å². The summed E-state index contributed by atoms with van der Waals surface area (Å²) in [6.07, 6.45) is 0.404. The molecule has 150 valence electrons. The number of benzene rings is 1. The Morgan fingerprint density at radius 2 is 1.96 bits per heavy atom. The molecule has 3 rings (SSSR count). The third kappa shape index (κ3) is 3.78. The van der Waals surface area contributed by atoms with E-state index in [0.29, 0.717) is 16.8 Å². The first-order valence-electron chi connectivity index (χ1n) is 8.97. The van der Waals surface area contributed by atoms with E-state index in [1.165, 1.54) is 9.13 Å². The van der Waals surface area contributed by atoms with Gasteiger partial charge in [0, 0.05) is 13.5 Å². The lowest BCUT2D eigenvalue weighted by molar-refractivity contribution is -0.157. The van der Waals surface area contributed by atoms with Crippen molar-refractivity contribution < 1.29 is 23.9 Å². The van der Waals surface area contributed by atoms with Crippen molar-refractivity contribution in [3.05, 3.63) is 28.7 Å². The molecule has 2 aromatic rings. The van der Waals surface area contributed by atoms with Gasteiger partial charge in [-0.05, 0) is 39.3 Å². The molecule has 2 amide bonds. The standard InChI is InChI=1S/C19H23N3O6/c1-19(2,3)28-15(24)10-27-13-7-5-6-11-16(13)21(4)18(26)22(11)12-8-9-14(23)20-17(12)25/h5-7,12H,8-10H2,1-4H3,(H,20,23,25). The minimum Gasteiger partial charge on any atom is -0.480 e. The van der Waals surface area contributed by atoms with Crippen LogP contribution in [0.5, 0.6) is 5.75 Å². The molecule has 0 bridgehead atoms. The van der Waals surface area contributed by atoms with Crippen LogP contribution in [0.3, 0.4) is 0 Å². The number of ether oxygens (including phenoxy) is 2. The van der Waals surface area contributed by atoms with Gasteiger partial charge in [0.25, 0.3) is 0 Å². The molecule has 1 N–H and O–H groups in total. The summed E-state index contributed by atoms with van der Waals surface area (Å²) >= 11 is 0. The molecule has 1 aromatic carbocycles. The number of piperidine rings is 1. The summed E-state index contributed by atoms with van der Waals surface area (Å²) in [6, 6.07) is 4.23. The number of amides is 2. The summed E-state index contributed by atoms with van der Waals surface area (Å²) in [6.45, 7) is 4.97. The number of fused-ring (bicyclic) bond motifs is 1. The van der Waals surface area contributed by atoms with Crippen LogP contribution in [0.1, 0.15) is 39.7 Å². The number of carbonyl (C=O) groups excluding carboxylic acids is 3. The number of nitrogens with zero attached hydrogens (tertiary/aromatic N) is 2. The number of imide groups is 1. The SMILES string of the molecule is Cn1c(=O)n(C2CCC(=O)NC2=O)c2cccc(OCC(=O)OC(C)(C)C)c21. The Morgan fingerprint density at radius 1 is 1.25 bits per heavy atom. The lowest BCUT2D eigenvalue weighted by atomic mass is 10.1. The van der Waals surface area contributed by atoms with E-state index in [1.807, 2.05) is 0 Å². The second-order valence-electron chi connectivity index (χ2n) is 7.68. The molecule has 1 aliphatic heterocycles. The maximum atomic E-state index is 12.8. The van der Waals surface area contributed by atoms with Gasteiger partial charge in [-0.3, -0.25) is 24.0 Å². The highest BCUT2D eigenvalue weighted by Crippen LogP contribution is 2.28. The number of esters is 1. The zero-order valence-corrected chi connectivity index (χ0v) is 16.3. The fourth-order valence-electron chi connectivity index (χ4n) is 3.26. The molecule has 1 unspecified atom stereocenters. The first kappa shape index (κ1) is 19.7. The van der Waals surface area contributed by atoms with Crippen LogP contribution in [-0.2, 0) is 26.2 Å². The van der Waals surface area contributed by atoms with Crippen molar-refractivity contribution in [3.63, 3.8) is 0 Å². The highest BCUT2D eigenvalue weighted by atomic mass is 16.6. The number of para-hydroxylation sites is 1. The van der Waals surface area contributed by atoms with Gasteiger partial charge in [0.15, 0.2) is 6.61 Å². The minimum absolute atomic E-state index is 0.161.